The molecule has 1 rings (SSSR count). The maximum Gasteiger partial charge on any atom is 0.181 e. The van der Waals surface area contributed by atoms with Crippen molar-refractivity contribution in [3.05, 3.63) is 23.5 Å². The van der Waals surface area contributed by atoms with E-state index in [4.69, 9.17) is 4.74 Å². The Morgan fingerprint density at radius 2 is 2.13 bits per heavy atom. The number of rotatable bonds is 4. The summed E-state index contributed by atoms with van der Waals surface area (Å²) in [6.45, 7) is 3.75. The van der Waals surface area contributed by atoms with Crippen molar-refractivity contribution in [3.63, 3.8) is 0 Å². The number of Topliss-reactive ketones (excluding diaryl/α,β-unsaturated/α-hetero) is 1. The van der Waals surface area contributed by atoms with E-state index in [1.807, 2.05) is 6.92 Å². The van der Waals surface area contributed by atoms with Crippen molar-refractivity contribution in [2.45, 2.75) is 26.7 Å². The average molecular weight is 208 g/mol. The maximum absolute atomic E-state index is 11.8. The van der Waals surface area contributed by atoms with Crippen molar-refractivity contribution in [2.24, 2.45) is 5.92 Å². The number of ketones is 2. The van der Waals surface area contributed by atoms with E-state index in [1.54, 1.807) is 6.92 Å². The molecule has 1 unspecified atom stereocenters. The minimum atomic E-state index is -0.354. The first-order chi connectivity index (χ1) is 7.10. The van der Waals surface area contributed by atoms with Gasteiger partial charge < -0.3 is 4.74 Å². The van der Waals surface area contributed by atoms with Gasteiger partial charge in [-0.05, 0) is 19.4 Å². The first-order valence-corrected chi connectivity index (χ1v) is 5.10. The highest BCUT2D eigenvalue weighted by molar-refractivity contribution is 6.04. The Kier molecular flexibility index (Phi) is 3.83. The van der Waals surface area contributed by atoms with E-state index in [9.17, 15) is 9.59 Å². The van der Waals surface area contributed by atoms with Crippen LogP contribution in [-0.4, -0.2) is 18.7 Å². The third-order valence-corrected chi connectivity index (χ3v) is 2.45. The average Bonchev–Trinajstić information content (AvgIpc) is 2.16. The van der Waals surface area contributed by atoms with Crippen molar-refractivity contribution in [1.82, 2.24) is 0 Å². The van der Waals surface area contributed by atoms with Gasteiger partial charge in [-0.15, -0.1) is 0 Å². The molecule has 0 radical (unpaired) electrons. The van der Waals surface area contributed by atoms with Crippen molar-refractivity contribution in [3.8, 4) is 0 Å². The highest BCUT2D eigenvalue weighted by Crippen LogP contribution is 2.27. The number of allylic oxidation sites excluding steroid dienone is 3. The van der Waals surface area contributed by atoms with Crippen LogP contribution in [0.1, 0.15) is 26.7 Å². The van der Waals surface area contributed by atoms with Gasteiger partial charge in [-0.1, -0.05) is 12.5 Å². The molecular weight excluding hydrogens is 192 g/mol. The van der Waals surface area contributed by atoms with Gasteiger partial charge in [0.15, 0.2) is 5.78 Å². The zero-order chi connectivity index (χ0) is 11.4. The molecule has 0 heterocycles. The second-order valence-electron chi connectivity index (χ2n) is 3.69. The Labute approximate surface area is 89.8 Å². The monoisotopic (exact) mass is 208 g/mol. The molecule has 0 saturated carbocycles. The minimum Gasteiger partial charge on any atom is -0.500 e. The van der Waals surface area contributed by atoms with Crippen LogP contribution < -0.4 is 0 Å². The molecule has 0 aromatic heterocycles. The third-order valence-electron chi connectivity index (χ3n) is 2.45. The molecule has 0 aliphatic heterocycles. The molecule has 0 aromatic rings. The van der Waals surface area contributed by atoms with E-state index in [-0.39, 0.29) is 17.5 Å². The molecule has 82 valence electrons. The molecular formula is C12H16O3. The zero-order valence-electron chi connectivity index (χ0n) is 9.37. The lowest BCUT2D eigenvalue weighted by Crippen LogP contribution is -2.23. The fourth-order valence-electron chi connectivity index (χ4n) is 1.78. The summed E-state index contributed by atoms with van der Waals surface area (Å²) in [5, 5.41) is 0. The molecule has 1 aliphatic rings. The van der Waals surface area contributed by atoms with Crippen molar-refractivity contribution in [2.75, 3.05) is 7.11 Å². The number of methoxy groups -OCH3 is 1. The van der Waals surface area contributed by atoms with Gasteiger partial charge in [0.1, 0.15) is 11.5 Å². The number of carbonyl (C=O) groups is 2. The van der Waals surface area contributed by atoms with Gasteiger partial charge in [0.2, 0.25) is 0 Å². The lowest BCUT2D eigenvalue weighted by Gasteiger charge is -2.21. The van der Waals surface area contributed by atoms with Crippen LogP contribution in [0.4, 0.5) is 0 Å². The highest BCUT2D eigenvalue weighted by atomic mass is 16.5. The van der Waals surface area contributed by atoms with Gasteiger partial charge in [-0.3, -0.25) is 9.59 Å². The minimum absolute atomic E-state index is 0.107. The fourth-order valence-corrected chi connectivity index (χ4v) is 1.78. The largest absolute Gasteiger partial charge is 0.500 e. The van der Waals surface area contributed by atoms with Crippen LogP contribution in [0.2, 0.25) is 0 Å². The van der Waals surface area contributed by atoms with Crippen molar-refractivity contribution < 1.29 is 14.3 Å². The van der Waals surface area contributed by atoms with Crippen LogP contribution in [0.25, 0.3) is 0 Å². The van der Waals surface area contributed by atoms with Gasteiger partial charge in [0.25, 0.3) is 0 Å². The predicted octanol–water partition coefficient (Wildman–Crippen LogP) is 2.03. The maximum atomic E-state index is 11.8. The normalized spacial score (nSPS) is 20.7. The van der Waals surface area contributed by atoms with E-state index in [1.165, 1.54) is 19.3 Å². The Hall–Kier alpha value is -1.38. The van der Waals surface area contributed by atoms with Gasteiger partial charge in [0, 0.05) is 12.5 Å². The van der Waals surface area contributed by atoms with E-state index in [0.717, 1.165) is 12.0 Å². The molecule has 3 nitrogen and oxygen atoms in total. The summed E-state index contributed by atoms with van der Waals surface area (Å²) in [5.74, 6) is 0.128. The Bertz CT molecular complexity index is 337. The van der Waals surface area contributed by atoms with Crippen LogP contribution >= 0.6 is 0 Å². The molecule has 0 N–H and O–H groups in total. The van der Waals surface area contributed by atoms with E-state index in [0.29, 0.717) is 12.2 Å². The highest BCUT2D eigenvalue weighted by Gasteiger charge is 2.28. The summed E-state index contributed by atoms with van der Waals surface area (Å²) in [5.41, 5.74) is 0.776. The Morgan fingerprint density at radius 3 is 2.67 bits per heavy atom. The molecule has 1 aliphatic carbocycles. The molecule has 0 saturated heterocycles. The summed E-state index contributed by atoms with van der Waals surface area (Å²) < 4.78 is 5.09. The van der Waals surface area contributed by atoms with E-state index < -0.39 is 0 Å². The summed E-state index contributed by atoms with van der Waals surface area (Å²) >= 11 is 0. The zero-order valence-corrected chi connectivity index (χ0v) is 9.37. The first kappa shape index (κ1) is 11.7. The molecule has 0 fully saturated rings. The molecule has 1 atom stereocenters. The third kappa shape index (κ3) is 2.55. The summed E-state index contributed by atoms with van der Waals surface area (Å²) in [4.78, 5) is 23.0. The quantitative estimate of drug-likeness (QED) is 0.710. The SMILES string of the molecule is CCCC(=O)C1C(C)=CC(=O)C=C1OC. The summed E-state index contributed by atoms with van der Waals surface area (Å²) in [6, 6.07) is 0. The van der Waals surface area contributed by atoms with Crippen LogP contribution in [0.15, 0.2) is 23.5 Å². The molecule has 0 bridgehead atoms. The summed E-state index contributed by atoms with van der Waals surface area (Å²) in [6.07, 6.45) is 4.23. The predicted molar refractivity (Wildman–Crippen MR) is 57.3 cm³/mol. The van der Waals surface area contributed by atoms with Crippen molar-refractivity contribution >= 4 is 11.6 Å². The topological polar surface area (TPSA) is 43.4 Å². The molecule has 0 aromatic carbocycles. The Morgan fingerprint density at radius 1 is 1.47 bits per heavy atom. The standard InChI is InChI=1S/C12H16O3/c1-4-5-10(14)12-8(2)6-9(13)7-11(12)15-3/h6-7,12H,4-5H2,1-3H3. The lowest BCUT2D eigenvalue weighted by molar-refractivity contribution is -0.121. The second-order valence-corrected chi connectivity index (χ2v) is 3.69. The van der Waals surface area contributed by atoms with Gasteiger partial charge in [-0.2, -0.15) is 0 Å². The smallest absolute Gasteiger partial charge is 0.181 e. The molecule has 3 heteroatoms. The van der Waals surface area contributed by atoms with Crippen LogP contribution in [0.3, 0.4) is 0 Å². The van der Waals surface area contributed by atoms with E-state index in [2.05, 4.69) is 0 Å². The lowest BCUT2D eigenvalue weighted by atomic mass is 9.87. The van der Waals surface area contributed by atoms with Gasteiger partial charge in [0.05, 0.1) is 13.0 Å². The number of ether oxygens (including phenoxy) is 1. The van der Waals surface area contributed by atoms with Crippen LogP contribution in [0.5, 0.6) is 0 Å². The Balaban J connectivity index is 2.94. The fraction of sp³-hybridized carbons (Fsp3) is 0.500. The first-order valence-electron chi connectivity index (χ1n) is 5.10. The summed E-state index contributed by atoms with van der Waals surface area (Å²) in [7, 11) is 1.49. The van der Waals surface area contributed by atoms with E-state index >= 15 is 0 Å². The number of hydrogen-bond donors (Lipinski definition) is 0. The number of hydrogen-bond acceptors (Lipinski definition) is 3. The van der Waals surface area contributed by atoms with Gasteiger partial charge in [-0.25, -0.2) is 0 Å². The molecule has 0 amide bonds. The van der Waals surface area contributed by atoms with Gasteiger partial charge >= 0.3 is 0 Å². The van der Waals surface area contributed by atoms with Crippen molar-refractivity contribution in [1.29, 1.82) is 0 Å². The number of carbonyl (C=O) groups excluding carboxylic acids is 2. The molecule has 15 heavy (non-hydrogen) atoms. The molecule has 0 spiro atoms. The second kappa shape index (κ2) is 4.91. The van der Waals surface area contributed by atoms with Crippen LogP contribution in [0, 0.1) is 5.92 Å². The van der Waals surface area contributed by atoms with Crippen LogP contribution in [-0.2, 0) is 14.3 Å².